The highest BCUT2D eigenvalue weighted by Crippen LogP contribution is 2.25. The second-order valence-corrected chi connectivity index (χ2v) is 7.25. The average molecular weight is 390 g/mol. The maximum atomic E-state index is 13.2. The number of hydrogen-bond donors (Lipinski definition) is 3. The standard InChI is InChI=1S/C21H24F2N2O3/c1-13(24-19(21(2,3)28)15-7-5-4-6-8-15)20(27)25-18(26)11-14-9-16(22)12-17(23)10-14/h4-10,12-13,19,24,28H,11H2,1-3H3,(H,25,26,27)/t13-,19-/m0/s1. The molecule has 0 radical (unpaired) electrons. The number of hydrogen-bond acceptors (Lipinski definition) is 4. The van der Waals surface area contributed by atoms with Gasteiger partial charge >= 0.3 is 0 Å². The summed E-state index contributed by atoms with van der Waals surface area (Å²) >= 11 is 0. The van der Waals surface area contributed by atoms with Crippen molar-refractivity contribution in [3.63, 3.8) is 0 Å². The predicted molar refractivity (Wildman–Crippen MR) is 101 cm³/mol. The van der Waals surface area contributed by atoms with Crippen LogP contribution in [0.4, 0.5) is 8.78 Å². The van der Waals surface area contributed by atoms with Crippen molar-refractivity contribution in [1.29, 1.82) is 0 Å². The molecular weight excluding hydrogens is 366 g/mol. The van der Waals surface area contributed by atoms with E-state index in [1.54, 1.807) is 20.8 Å². The highest BCUT2D eigenvalue weighted by Gasteiger charge is 2.31. The van der Waals surface area contributed by atoms with Gasteiger partial charge in [-0.3, -0.25) is 20.2 Å². The Morgan fingerprint density at radius 2 is 1.64 bits per heavy atom. The first-order chi connectivity index (χ1) is 13.1. The Balaban J connectivity index is 2.01. The number of amides is 2. The van der Waals surface area contributed by atoms with E-state index in [4.69, 9.17) is 0 Å². The average Bonchev–Trinajstić information content (AvgIpc) is 2.58. The molecule has 7 heteroatoms. The van der Waals surface area contributed by atoms with Crippen LogP contribution in [0.2, 0.25) is 0 Å². The third-order valence-corrected chi connectivity index (χ3v) is 4.20. The van der Waals surface area contributed by atoms with Gasteiger partial charge in [-0.1, -0.05) is 30.3 Å². The van der Waals surface area contributed by atoms with Gasteiger partial charge in [0.2, 0.25) is 11.8 Å². The Morgan fingerprint density at radius 1 is 1.07 bits per heavy atom. The van der Waals surface area contributed by atoms with E-state index in [9.17, 15) is 23.5 Å². The fourth-order valence-corrected chi connectivity index (χ4v) is 2.87. The molecule has 0 spiro atoms. The Hall–Kier alpha value is -2.64. The summed E-state index contributed by atoms with van der Waals surface area (Å²) in [5, 5.41) is 15.7. The van der Waals surface area contributed by atoms with Gasteiger partial charge in [0.1, 0.15) is 11.6 Å². The van der Waals surface area contributed by atoms with Crippen LogP contribution in [0, 0.1) is 11.6 Å². The minimum absolute atomic E-state index is 0.127. The van der Waals surface area contributed by atoms with Gasteiger partial charge in [0.05, 0.1) is 24.1 Å². The lowest BCUT2D eigenvalue weighted by atomic mass is 9.91. The number of rotatable bonds is 7. The maximum absolute atomic E-state index is 13.2. The molecule has 0 unspecified atom stereocenters. The third-order valence-electron chi connectivity index (χ3n) is 4.20. The lowest BCUT2D eigenvalue weighted by Crippen LogP contribution is -2.50. The minimum atomic E-state index is -1.17. The molecule has 0 fully saturated rings. The lowest BCUT2D eigenvalue weighted by molar-refractivity contribution is -0.131. The van der Waals surface area contributed by atoms with Gasteiger partial charge in [0.15, 0.2) is 0 Å². The first kappa shape index (κ1) is 21.7. The monoisotopic (exact) mass is 390 g/mol. The van der Waals surface area contributed by atoms with Crippen LogP contribution in [0.5, 0.6) is 0 Å². The number of imide groups is 1. The minimum Gasteiger partial charge on any atom is -0.388 e. The molecule has 0 heterocycles. The summed E-state index contributed by atoms with van der Waals surface area (Å²) in [5.74, 6) is -2.87. The number of halogens is 2. The number of nitrogens with one attached hydrogen (secondary N) is 2. The zero-order valence-corrected chi connectivity index (χ0v) is 16.0. The van der Waals surface area contributed by atoms with Crippen molar-refractivity contribution in [2.75, 3.05) is 0 Å². The first-order valence-corrected chi connectivity index (χ1v) is 8.88. The summed E-state index contributed by atoms with van der Waals surface area (Å²) in [6.07, 6.45) is -0.333. The largest absolute Gasteiger partial charge is 0.388 e. The van der Waals surface area contributed by atoms with E-state index in [-0.39, 0.29) is 12.0 Å². The van der Waals surface area contributed by atoms with Crippen molar-refractivity contribution in [3.05, 3.63) is 71.3 Å². The van der Waals surface area contributed by atoms with Crippen molar-refractivity contribution in [2.45, 2.75) is 44.9 Å². The SMILES string of the molecule is C[C@H](N[C@@H](c1ccccc1)C(C)(C)O)C(=O)NC(=O)Cc1cc(F)cc(F)c1. The van der Waals surface area contributed by atoms with Gasteiger partial charge in [0.25, 0.3) is 0 Å². The van der Waals surface area contributed by atoms with E-state index < -0.39 is 41.1 Å². The van der Waals surface area contributed by atoms with Crippen molar-refractivity contribution in [3.8, 4) is 0 Å². The van der Waals surface area contributed by atoms with E-state index in [0.717, 1.165) is 17.7 Å². The fraction of sp³-hybridized carbons (Fsp3) is 0.333. The summed E-state index contributed by atoms with van der Waals surface area (Å²) in [4.78, 5) is 24.4. The summed E-state index contributed by atoms with van der Waals surface area (Å²) in [5.41, 5.74) is -0.253. The molecule has 0 saturated carbocycles. The molecule has 0 aromatic heterocycles. The third kappa shape index (κ3) is 6.21. The van der Waals surface area contributed by atoms with Crippen LogP contribution in [-0.2, 0) is 16.0 Å². The Bertz CT molecular complexity index is 815. The number of aliphatic hydroxyl groups is 1. The summed E-state index contributed by atoms with van der Waals surface area (Å²) in [6.45, 7) is 4.80. The van der Waals surface area contributed by atoms with E-state index >= 15 is 0 Å². The molecule has 0 aliphatic rings. The van der Waals surface area contributed by atoms with Crippen LogP contribution in [0.25, 0.3) is 0 Å². The highest BCUT2D eigenvalue weighted by atomic mass is 19.1. The van der Waals surface area contributed by atoms with Crippen LogP contribution in [0.1, 0.15) is 37.9 Å². The van der Waals surface area contributed by atoms with Crippen LogP contribution >= 0.6 is 0 Å². The van der Waals surface area contributed by atoms with Crippen LogP contribution in [0.15, 0.2) is 48.5 Å². The van der Waals surface area contributed by atoms with Gasteiger partial charge in [-0.05, 0) is 44.0 Å². The Kier molecular flexibility index (Phi) is 6.99. The van der Waals surface area contributed by atoms with E-state index in [0.29, 0.717) is 6.07 Å². The molecule has 2 aromatic carbocycles. The van der Waals surface area contributed by atoms with Crippen molar-refractivity contribution in [2.24, 2.45) is 0 Å². The van der Waals surface area contributed by atoms with E-state index in [2.05, 4.69) is 10.6 Å². The Labute approximate surface area is 162 Å². The van der Waals surface area contributed by atoms with Gasteiger partial charge in [-0.15, -0.1) is 0 Å². The molecule has 2 rings (SSSR count). The molecule has 0 saturated heterocycles. The second-order valence-electron chi connectivity index (χ2n) is 7.25. The normalized spacial score (nSPS) is 13.6. The van der Waals surface area contributed by atoms with Crippen LogP contribution in [0.3, 0.4) is 0 Å². The molecule has 2 atom stereocenters. The fourth-order valence-electron chi connectivity index (χ4n) is 2.87. The predicted octanol–water partition coefficient (Wildman–Crippen LogP) is 2.64. The highest BCUT2D eigenvalue weighted by molar-refractivity contribution is 5.98. The first-order valence-electron chi connectivity index (χ1n) is 8.88. The smallest absolute Gasteiger partial charge is 0.243 e. The van der Waals surface area contributed by atoms with Crippen LogP contribution < -0.4 is 10.6 Å². The zero-order chi connectivity index (χ0) is 20.9. The van der Waals surface area contributed by atoms with E-state index in [1.807, 2.05) is 30.3 Å². The molecule has 150 valence electrons. The molecule has 2 aromatic rings. The van der Waals surface area contributed by atoms with Gasteiger partial charge < -0.3 is 5.11 Å². The van der Waals surface area contributed by atoms with Crippen molar-refractivity contribution >= 4 is 11.8 Å². The molecule has 5 nitrogen and oxygen atoms in total. The number of carbonyl (C=O) groups excluding carboxylic acids is 2. The van der Waals surface area contributed by atoms with Gasteiger partial charge in [0, 0.05) is 6.07 Å². The zero-order valence-electron chi connectivity index (χ0n) is 16.0. The van der Waals surface area contributed by atoms with Gasteiger partial charge in [-0.2, -0.15) is 0 Å². The number of carbonyl (C=O) groups is 2. The summed E-state index contributed by atoms with van der Waals surface area (Å²) < 4.78 is 26.4. The van der Waals surface area contributed by atoms with Crippen molar-refractivity contribution < 1.29 is 23.5 Å². The summed E-state index contributed by atoms with van der Waals surface area (Å²) in [7, 11) is 0. The topological polar surface area (TPSA) is 78.4 Å². The molecule has 2 amide bonds. The van der Waals surface area contributed by atoms with Crippen LogP contribution in [-0.4, -0.2) is 28.6 Å². The lowest BCUT2D eigenvalue weighted by Gasteiger charge is -2.32. The molecule has 0 aliphatic carbocycles. The molecule has 28 heavy (non-hydrogen) atoms. The Morgan fingerprint density at radius 3 is 2.18 bits per heavy atom. The van der Waals surface area contributed by atoms with Crippen molar-refractivity contribution in [1.82, 2.24) is 10.6 Å². The van der Waals surface area contributed by atoms with Gasteiger partial charge in [-0.25, -0.2) is 8.78 Å². The number of benzene rings is 2. The second kappa shape index (κ2) is 9.03. The summed E-state index contributed by atoms with van der Waals surface area (Å²) in [6, 6.07) is 10.6. The molecule has 3 N–H and O–H groups in total. The van der Waals surface area contributed by atoms with E-state index in [1.165, 1.54) is 0 Å². The molecule has 0 bridgehead atoms. The molecular formula is C21H24F2N2O3. The molecule has 0 aliphatic heterocycles. The quantitative estimate of drug-likeness (QED) is 0.679. The maximum Gasteiger partial charge on any atom is 0.243 e.